The number of carbonyl (C=O) groups is 1. The number of ketones is 1. The van der Waals surface area contributed by atoms with E-state index in [0.29, 0.717) is 17.9 Å². The van der Waals surface area contributed by atoms with Crippen molar-refractivity contribution in [1.82, 2.24) is 0 Å². The van der Waals surface area contributed by atoms with Crippen LogP contribution in [0, 0.1) is 0 Å². The number of hydrogen-bond acceptors (Lipinski definition) is 3. The topological polar surface area (TPSA) is 49.7 Å². The Morgan fingerprint density at radius 3 is 2.69 bits per heavy atom. The van der Waals surface area contributed by atoms with Gasteiger partial charge in [-0.1, -0.05) is 37.2 Å². The summed E-state index contributed by atoms with van der Waals surface area (Å²) in [5, 5.41) is 11.7. The van der Waals surface area contributed by atoms with Gasteiger partial charge in [-0.25, -0.2) is 0 Å². The zero-order valence-electron chi connectivity index (χ0n) is 9.53. The van der Waals surface area contributed by atoms with Gasteiger partial charge in [0.1, 0.15) is 5.71 Å². The zero-order chi connectivity index (χ0) is 11.7. The van der Waals surface area contributed by atoms with Gasteiger partial charge in [0.2, 0.25) is 5.78 Å². The van der Waals surface area contributed by atoms with Gasteiger partial charge in [0.15, 0.2) is 0 Å². The summed E-state index contributed by atoms with van der Waals surface area (Å²) in [5.74, 6) is 0.326. The first-order valence-electron chi connectivity index (χ1n) is 5.52. The van der Waals surface area contributed by atoms with E-state index >= 15 is 0 Å². The molecule has 0 fully saturated rings. The number of aryl methyl sites for hydroxylation is 1. The first kappa shape index (κ1) is 10.9. The molecule has 0 aliphatic heterocycles. The fourth-order valence-electron chi connectivity index (χ4n) is 2.02. The van der Waals surface area contributed by atoms with Crippen LogP contribution >= 0.6 is 0 Å². The minimum Gasteiger partial charge on any atom is -0.411 e. The van der Waals surface area contributed by atoms with Gasteiger partial charge in [-0.15, -0.1) is 0 Å². The van der Waals surface area contributed by atoms with Gasteiger partial charge in [-0.05, 0) is 23.5 Å². The highest BCUT2D eigenvalue weighted by molar-refractivity contribution is 6.47. The van der Waals surface area contributed by atoms with E-state index in [9.17, 15) is 4.79 Å². The third-order valence-electron chi connectivity index (χ3n) is 3.05. The van der Waals surface area contributed by atoms with E-state index in [-0.39, 0.29) is 11.5 Å². The van der Waals surface area contributed by atoms with Gasteiger partial charge in [0, 0.05) is 12.0 Å². The highest BCUT2D eigenvalue weighted by Crippen LogP contribution is 2.24. The van der Waals surface area contributed by atoms with E-state index in [1.54, 1.807) is 0 Å². The molecule has 3 nitrogen and oxygen atoms in total. The number of nitrogens with zero attached hydrogens (tertiary/aromatic N) is 1. The molecule has 3 heteroatoms. The average molecular weight is 217 g/mol. The van der Waals surface area contributed by atoms with Gasteiger partial charge in [0.25, 0.3) is 0 Å². The molecule has 1 N–H and O–H groups in total. The van der Waals surface area contributed by atoms with E-state index in [2.05, 4.69) is 25.1 Å². The number of Topliss-reactive ketones (excluding diaryl/α,β-unsaturated/α-hetero) is 1. The lowest BCUT2D eigenvalue weighted by atomic mass is 9.86. The Bertz CT molecular complexity index is 461. The molecule has 0 atom stereocenters. The number of benzene rings is 1. The maximum absolute atomic E-state index is 11.8. The first-order chi connectivity index (χ1) is 7.63. The normalized spacial score (nSPS) is 17.9. The fraction of sp³-hybridized carbons (Fsp3) is 0.385. The maximum Gasteiger partial charge on any atom is 0.210 e. The van der Waals surface area contributed by atoms with Crippen molar-refractivity contribution in [3.63, 3.8) is 0 Å². The summed E-state index contributed by atoms with van der Waals surface area (Å²) in [6.45, 7) is 4.26. The molecule has 0 heterocycles. The average Bonchev–Trinajstić information content (AvgIpc) is 2.29. The Labute approximate surface area is 94.8 Å². The molecule has 0 amide bonds. The minimum absolute atomic E-state index is 0.140. The Morgan fingerprint density at radius 2 is 2.06 bits per heavy atom. The Kier molecular flexibility index (Phi) is 2.77. The smallest absolute Gasteiger partial charge is 0.210 e. The van der Waals surface area contributed by atoms with Crippen molar-refractivity contribution in [1.29, 1.82) is 0 Å². The first-order valence-corrected chi connectivity index (χ1v) is 5.52. The molecule has 16 heavy (non-hydrogen) atoms. The second-order valence-corrected chi connectivity index (χ2v) is 4.45. The van der Waals surface area contributed by atoms with Crippen LogP contribution in [0.25, 0.3) is 0 Å². The van der Waals surface area contributed by atoms with Crippen LogP contribution in [0.4, 0.5) is 0 Å². The molecule has 0 saturated heterocycles. The molecule has 2 rings (SSSR count). The maximum atomic E-state index is 11.8. The Hall–Kier alpha value is -1.64. The number of carbonyl (C=O) groups excluding carboxylic acids is 1. The SMILES string of the molecule is CC(C)c1ccc2c(c1)CC/C(=N\O)C2=O. The van der Waals surface area contributed by atoms with Crippen molar-refractivity contribution in [2.45, 2.75) is 32.6 Å². The molecular weight excluding hydrogens is 202 g/mol. The number of oxime groups is 1. The van der Waals surface area contributed by atoms with E-state index in [0.717, 1.165) is 12.0 Å². The monoisotopic (exact) mass is 217 g/mol. The van der Waals surface area contributed by atoms with Gasteiger partial charge < -0.3 is 5.21 Å². The standard InChI is InChI=1S/C13H15NO2/c1-8(2)9-3-5-11-10(7-9)4-6-12(14-16)13(11)15/h3,5,7-8,16H,4,6H2,1-2H3/b14-12+. The molecule has 1 aromatic rings. The molecule has 1 aliphatic rings. The van der Waals surface area contributed by atoms with Crippen molar-refractivity contribution in [2.75, 3.05) is 0 Å². The summed E-state index contributed by atoms with van der Waals surface area (Å²) in [4.78, 5) is 11.8. The van der Waals surface area contributed by atoms with Crippen LogP contribution in [0.1, 0.15) is 47.7 Å². The summed E-state index contributed by atoms with van der Waals surface area (Å²) in [6.07, 6.45) is 1.31. The molecule has 1 aromatic carbocycles. The molecule has 0 bridgehead atoms. The van der Waals surface area contributed by atoms with Crippen LogP contribution in [0.2, 0.25) is 0 Å². The van der Waals surface area contributed by atoms with Crippen molar-refractivity contribution in [3.05, 3.63) is 34.9 Å². The van der Waals surface area contributed by atoms with Crippen LogP contribution < -0.4 is 0 Å². The van der Waals surface area contributed by atoms with Crippen molar-refractivity contribution in [3.8, 4) is 0 Å². The zero-order valence-corrected chi connectivity index (χ0v) is 9.53. The molecular formula is C13H15NO2. The molecule has 84 valence electrons. The molecule has 0 unspecified atom stereocenters. The summed E-state index contributed by atoms with van der Waals surface area (Å²) in [7, 11) is 0. The van der Waals surface area contributed by atoms with Crippen LogP contribution in [0.15, 0.2) is 23.4 Å². The molecule has 0 saturated carbocycles. The highest BCUT2D eigenvalue weighted by Gasteiger charge is 2.23. The summed E-state index contributed by atoms with van der Waals surface area (Å²) in [5.41, 5.74) is 3.27. The van der Waals surface area contributed by atoms with Gasteiger partial charge in [0.05, 0.1) is 0 Å². The molecule has 0 spiro atoms. The minimum atomic E-state index is -0.140. The summed E-state index contributed by atoms with van der Waals surface area (Å²) >= 11 is 0. The van der Waals surface area contributed by atoms with E-state index in [1.807, 2.05) is 12.1 Å². The largest absolute Gasteiger partial charge is 0.411 e. The van der Waals surface area contributed by atoms with Crippen molar-refractivity contribution >= 4 is 11.5 Å². The fourth-order valence-corrected chi connectivity index (χ4v) is 2.02. The van der Waals surface area contributed by atoms with Crippen molar-refractivity contribution < 1.29 is 10.0 Å². The lowest BCUT2D eigenvalue weighted by Gasteiger charge is -2.17. The lowest BCUT2D eigenvalue weighted by molar-refractivity contribution is 0.105. The van der Waals surface area contributed by atoms with Crippen LogP contribution in [-0.2, 0) is 6.42 Å². The second kappa shape index (κ2) is 4.08. The number of fused-ring (bicyclic) bond motifs is 1. The molecule has 0 radical (unpaired) electrons. The molecule has 0 aromatic heterocycles. The summed E-state index contributed by atoms with van der Waals surface area (Å²) < 4.78 is 0. The highest BCUT2D eigenvalue weighted by atomic mass is 16.4. The van der Waals surface area contributed by atoms with Crippen LogP contribution in [0.5, 0.6) is 0 Å². The second-order valence-electron chi connectivity index (χ2n) is 4.45. The number of hydrogen-bond donors (Lipinski definition) is 1. The predicted molar refractivity (Wildman–Crippen MR) is 62.4 cm³/mol. The molecule has 1 aliphatic carbocycles. The Balaban J connectivity index is 2.45. The van der Waals surface area contributed by atoms with Gasteiger partial charge >= 0.3 is 0 Å². The predicted octanol–water partition coefficient (Wildman–Crippen LogP) is 2.77. The van der Waals surface area contributed by atoms with Crippen molar-refractivity contribution in [2.24, 2.45) is 5.16 Å². The summed E-state index contributed by atoms with van der Waals surface area (Å²) in [6, 6.07) is 5.91. The van der Waals surface area contributed by atoms with E-state index in [4.69, 9.17) is 5.21 Å². The van der Waals surface area contributed by atoms with Gasteiger partial charge in [-0.3, -0.25) is 4.79 Å². The quantitative estimate of drug-likeness (QED) is 0.581. The van der Waals surface area contributed by atoms with E-state index < -0.39 is 0 Å². The van der Waals surface area contributed by atoms with Crippen LogP contribution in [0.3, 0.4) is 0 Å². The van der Waals surface area contributed by atoms with Crippen LogP contribution in [-0.4, -0.2) is 16.7 Å². The van der Waals surface area contributed by atoms with Gasteiger partial charge in [-0.2, -0.15) is 0 Å². The van der Waals surface area contributed by atoms with E-state index in [1.165, 1.54) is 5.56 Å². The number of rotatable bonds is 1. The Morgan fingerprint density at radius 1 is 1.31 bits per heavy atom. The lowest BCUT2D eigenvalue weighted by Crippen LogP contribution is -2.22. The third kappa shape index (κ3) is 1.73. The third-order valence-corrected chi connectivity index (χ3v) is 3.05.